The van der Waals surface area contributed by atoms with E-state index in [1.807, 2.05) is 18.2 Å². The van der Waals surface area contributed by atoms with Gasteiger partial charge < -0.3 is 10.2 Å². The van der Waals surface area contributed by atoms with Crippen molar-refractivity contribution in [3.05, 3.63) is 47.0 Å². The van der Waals surface area contributed by atoms with Gasteiger partial charge in [0.25, 0.3) is 0 Å². The largest absolute Gasteiger partial charge is 0.392 e. The van der Waals surface area contributed by atoms with Gasteiger partial charge in [0.05, 0.1) is 24.8 Å². The van der Waals surface area contributed by atoms with Crippen molar-refractivity contribution in [3.8, 4) is 0 Å². The minimum absolute atomic E-state index is 0.0255. The van der Waals surface area contributed by atoms with Gasteiger partial charge in [-0.25, -0.2) is 5.43 Å². The second kappa shape index (κ2) is 5.79. The number of hydrazone groups is 1. The predicted molar refractivity (Wildman–Crippen MR) is 78.3 cm³/mol. The first-order chi connectivity index (χ1) is 10.2. The Bertz CT molecular complexity index is 622. The van der Waals surface area contributed by atoms with Gasteiger partial charge in [-0.15, -0.1) is 0 Å². The van der Waals surface area contributed by atoms with Gasteiger partial charge in [-0.2, -0.15) is 5.10 Å². The third-order valence-corrected chi connectivity index (χ3v) is 4.25. The maximum Gasteiger partial charge on any atom is 0.244 e. The number of hydrogen-bond acceptors (Lipinski definition) is 4. The smallest absolute Gasteiger partial charge is 0.244 e. The number of aliphatic hydroxyl groups is 2. The molecule has 1 heterocycles. The lowest BCUT2D eigenvalue weighted by Gasteiger charge is -2.32. The van der Waals surface area contributed by atoms with Crippen molar-refractivity contribution < 1.29 is 15.0 Å². The Labute approximate surface area is 123 Å². The van der Waals surface area contributed by atoms with Gasteiger partial charge in [0, 0.05) is 5.92 Å². The summed E-state index contributed by atoms with van der Waals surface area (Å²) in [6, 6.07) is 5.53. The van der Waals surface area contributed by atoms with Crippen molar-refractivity contribution in [2.45, 2.75) is 26.1 Å². The fraction of sp³-hybridized carbons (Fsp3) is 0.375. The van der Waals surface area contributed by atoms with Crippen molar-refractivity contribution >= 4 is 11.6 Å². The first-order valence-electron chi connectivity index (χ1n) is 7.11. The molecule has 2 atom stereocenters. The number of amides is 1. The highest BCUT2D eigenvalue weighted by atomic mass is 16.3. The third kappa shape index (κ3) is 2.50. The van der Waals surface area contributed by atoms with Crippen LogP contribution >= 0.6 is 0 Å². The van der Waals surface area contributed by atoms with Gasteiger partial charge >= 0.3 is 0 Å². The molecule has 5 nitrogen and oxygen atoms in total. The fourth-order valence-electron chi connectivity index (χ4n) is 3.05. The molecular formula is C16H18N2O3. The van der Waals surface area contributed by atoms with Crippen LogP contribution in [0.5, 0.6) is 0 Å². The van der Waals surface area contributed by atoms with Crippen LogP contribution in [0.1, 0.15) is 29.5 Å². The number of allylic oxidation sites excluding steroid dienone is 2. The van der Waals surface area contributed by atoms with Crippen LogP contribution in [-0.2, 0) is 18.0 Å². The Morgan fingerprint density at radius 2 is 1.81 bits per heavy atom. The average molecular weight is 286 g/mol. The monoisotopic (exact) mass is 286 g/mol. The average Bonchev–Trinajstić information content (AvgIpc) is 2.55. The number of carbonyl (C=O) groups excluding carboxylic acids is 1. The van der Waals surface area contributed by atoms with E-state index in [1.54, 1.807) is 6.07 Å². The Balaban J connectivity index is 1.99. The normalized spacial score (nSPS) is 24.3. The molecule has 3 rings (SSSR count). The topological polar surface area (TPSA) is 81.9 Å². The van der Waals surface area contributed by atoms with Crippen LogP contribution in [0.2, 0.25) is 0 Å². The summed E-state index contributed by atoms with van der Waals surface area (Å²) in [5.74, 6) is -0.0182. The van der Waals surface area contributed by atoms with Gasteiger partial charge in [-0.3, -0.25) is 4.79 Å². The number of nitrogens with one attached hydrogen (secondary N) is 1. The zero-order chi connectivity index (χ0) is 14.8. The van der Waals surface area contributed by atoms with E-state index in [9.17, 15) is 15.0 Å². The van der Waals surface area contributed by atoms with Gasteiger partial charge in [-0.1, -0.05) is 24.3 Å². The molecule has 110 valence electrons. The highest BCUT2D eigenvalue weighted by molar-refractivity contribution is 6.07. The molecule has 21 heavy (non-hydrogen) atoms. The molecule has 5 heteroatoms. The van der Waals surface area contributed by atoms with E-state index in [0.717, 1.165) is 24.1 Å². The number of nitrogens with zero attached hydrogens (tertiary/aromatic N) is 1. The maximum atomic E-state index is 11.9. The Kier molecular flexibility index (Phi) is 3.86. The fourth-order valence-corrected chi connectivity index (χ4v) is 3.05. The first kappa shape index (κ1) is 14.0. The molecule has 1 aromatic carbocycles. The summed E-state index contributed by atoms with van der Waals surface area (Å²) in [5, 5.41) is 22.9. The van der Waals surface area contributed by atoms with Crippen molar-refractivity contribution in [2.75, 3.05) is 0 Å². The third-order valence-electron chi connectivity index (χ3n) is 4.25. The maximum absolute atomic E-state index is 11.9. The molecule has 1 amide bonds. The quantitative estimate of drug-likeness (QED) is 0.727. The summed E-state index contributed by atoms with van der Waals surface area (Å²) >= 11 is 0. The SMILES string of the molecule is O=C1NN=C(c2ccc(CO)c(CO)c2)C2CC=CC[C@@H]12. The summed E-state index contributed by atoms with van der Waals surface area (Å²) in [6.07, 6.45) is 5.66. The summed E-state index contributed by atoms with van der Waals surface area (Å²) in [7, 11) is 0. The van der Waals surface area contributed by atoms with Gasteiger partial charge in [0.15, 0.2) is 0 Å². The molecule has 3 N–H and O–H groups in total. The van der Waals surface area contributed by atoms with E-state index in [-0.39, 0.29) is 31.0 Å². The minimum Gasteiger partial charge on any atom is -0.392 e. The molecular weight excluding hydrogens is 268 g/mol. The number of fused-ring (bicyclic) bond motifs is 1. The Morgan fingerprint density at radius 1 is 1.10 bits per heavy atom. The van der Waals surface area contributed by atoms with Gasteiger partial charge in [0.2, 0.25) is 5.91 Å². The number of aliphatic hydroxyl groups excluding tert-OH is 2. The number of rotatable bonds is 3. The summed E-state index contributed by atoms with van der Waals surface area (Å²) in [5.41, 5.74) is 5.74. The van der Waals surface area contributed by atoms with Gasteiger partial charge in [0.1, 0.15) is 0 Å². The highest BCUT2D eigenvalue weighted by Crippen LogP contribution is 2.32. The summed E-state index contributed by atoms with van der Waals surface area (Å²) in [6.45, 7) is -0.231. The molecule has 1 aromatic rings. The lowest BCUT2D eigenvalue weighted by Crippen LogP contribution is -2.42. The summed E-state index contributed by atoms with van der Waals surface area (Å²) in [4.78, 5) is 11.9. The van der Waals surface area contributed by atoms with Crippen LogP contribution in [0.15, 0.2) is 35.5 Å². The van der Waals surface area contributed by atoms with Gasteiger partial charge in [-0.05, 0) is 35.6 Å². The van der Waals surface area contributed by atoms with Crippen LogP contribution in [-0.4, -0.2) is 21.8 Å². The van der Waals surface area contributed by atoms with E-state index in [0.29, 0.717) is 11.1 Å². The van der Waals surface area contributed by atoms with Crippen molar-refractivity contribution in [3.63, 3.8) is 0 Å². The van der Waals surface area contributed by atoms with E-state index >= 15 is 0 Å². The van der Waals surface area contributed by atoms with Crippen LogP contribution in [0.3, 0.4) is 0 Å². The predicted octanol–water partition coefficient (Wildman–Crippen LogP) is 1.09. The number of hydrogen-bond donors (Lipinski definition) is 3. The molecule has 0 saturated heterocycles. The zero-order valence-corrected chi connectivity index (χ0v) is 11.6. The molecule has 0 bridgehead atoms. The first-order valence-corrected chi connectivity index (χ1v) is 7.11. The Hall–Kier alpha value is -1.98. The number of benzene rings is 1. The molecule has 0 aromatic heterocycles. The number of carbonyl (C=O) groups is 1. The van der Waals surface area contributed by atoms with Crippen molar-refractivity contribution in [1.82, 2.24) is 5.43 Å². The molecule has 2 aliphatic rings. The van der Waals surface area contributed by atoms with E-state index in [2.05, 4.69) is 16.6 Å². The lowest BCUT2D eigenvalue weighted by molar-refractivity contribution is -0.126. The van der Waals surface area contributed by atoms with Crippen molar-refractivity contribution in [2.24, 2.45) is 16.9 Å². The van der Waals surface area contributed by atoms with Crippen LogP contribution in [0.25, 0.3) is 0 Å². The second-order valence-electron chi connectivity index (χ2n) is 5.43. The van der Waals surface area contributed by atoms with Crippen LogP contribution < -0.4 is 5.43 Å². The molecule has 1 aliphatic carbocycles. The van der Waals surface area contributed by atoms with Crippen molar-refractivity contribution in [1.29, 1.82) is 0 Å². The van der Waals surface area contributed by atoms with E-state index in [4.69, 9.17) is 0 Å². The summed E-state index contributed by atoms with van der Waals surface area (Å²) < 4.78 is 0. The van der Waals surface area contributed by atoms with E-state index < -0.39 is 0 Å². The molecule has 0 saturated carbocycles. The minimum atomic E-state index is -0.128. The Morgan fingerprint density at radius 3 is 2.52 bits per heavy atom. The molecule has 0 spiro atoms. The standard InChI is InChI=1S/C16H18N2O3/c19-8-11-6-5-10(7-12(11)9-20)15-13-3-1-2-4-14(13)16(21)18-17-15/h1-2,5-7,13-14,19-20H,3-4,8-9H2,(H,18,21)/t13?,14-/m1/s1. The molecule has 0 radical (unpaired) electrons. The highest BCUT2D eigenvalue weighted by Gasteiger charge is 2.36. The molecule has 1 unspecified atom stereocenters. The molecule has 0 fully saturated rings. The second-order valence-corrected chi connectivity index (χ2v) is 5.43. The molecule has 1 aliphatic heterocycles. The zero-order valence-electron chi connectivity index (χ0n) is 11.6. The van der Waals surface area contributed by atoms with Crippen LogP contribution in [0.4, 0.5) is 0 Å². The lowest BCUT2D eigenvalue weighted by atomic mass is 9.76. The van der Waals surface area contributed by atoms with Crippen LogP contribution in [0, 0.1) is 11.8 Å². The van der Waals surface area contributed by atoms with E-state index in [1.165, 1.54) is 0 Å².